The van der Waals surface area contributed by atoms with E-state index in [0.717, 1.165) is 23.4 Å². The van der Waals surface area contributed by atoms with Crippen LogP contribution in [0.2, 0.25) is 0 Å². The van der Waals surface area contributed by atoms with E-state index in [4.69, 9.17) is 0 Å². The standard InChI is InChI=1S/C24H24N2O/c1-4-18-10-12-19(13-11-18)23-25-22-8-6-5-7-21(22)24(27)26(23)20-14-9-16(2)17(3)15-20/h5-15,23,25H,4H2,1-3H3/t23-/m1/s1. The maximum atomic E-state index is 13.4. The SMILES string of the molecule is CCc1ccc([C@@H]2Nc3ccccc3C(=O)N2c2ccc(C)c(C)c2)cc1. The van der Waals surface area contributed by atoms with Crippen molar-refractivity contribution in [3.8, 4) is 0 Å². The van der Waals surface area contributed by atoms with Crippen molar-refractivity contribution in [2.75, 3.05) is 10.2 Å². The van der Waals surface area contributed by atoms with Gasteiger partial charge in [0.1, 0.15) is 6.17 Å². The Morgan fingerprint density at radius 1 is 0.926 bits per heavy atom. The van der Waals surface area contributed by atoms with Gasteiger partial charge in [-0.25, -0.2) is 0 Å². The molecule has 0 saturated heterocycles. The molecule has 27 heavy (non-hydrogen) atoms. The smallest absolute Gasteiger partial charge is 0.262 e. The van der Waals surface area contributed by atoms with Gasteiger partial charge in [-0.1, -0.05) is 49.4 Å². The molecular formula is C24H24N2O. The second-order valence-corrected chi connectivity index (χ2v) is 7.13. The van der Waals surface area contributed by atoms with Crippen LogP contribution in [0.3, 0.4) is 0 Å². The number of para-hydroxylation sites is 1. The Bertz CT molecular complexity index is 992. The molecule has 1 amide bonds. The molecule has 1 aliphatic heterocycles. The fourth-order valence-corrected chi connectivity index (χ4v) is 3.56. The lowest BCUT2D eigenvalue weighted by molar-refractivity contribution is 0.0975. The topological polar surface area (TPSA) is 32.3 Å². The molecule has 1 N–H and O–H groups in total. The summed E-state index contributed by atoms with van der Waals surface area (Å²) in [5.41, 5.74) is 7.27. The van der Waals surface area contributed by atoms with E-state index in [1.54, 1.807) is 0 Å². The van der Waals surface area contributed by atoms with Crippen LogP contribution >= 0.6 is 0 Å². The summed E-state index contributed by atoms with van der Waals surface area (Å²) in [5, 5.41) is 3.57. The first-order valence-corrected chi connectivity index (χ1v) is 9.43. The number of hydrogen-bond acceptors (Lipinski definition) is 2. The second-order valence-electron chi connectivity index (χ2n) is 7.13. The summed E-state index contributed by atoms with van der Waals surface area (Å²) in [6.07, 6.45) is 0.765. The predicted molar refractivity (Wildman–Crippen MR) is 111 cm³/mol. The molecule has 0 aliphatic carbocycles. The van der Waals surface area contributed by atoms with Gasteiger partial charge in [0.05, 0.1) is 5.56 Å². The van der Waals surface area contributed by atoms with Crippen molar-refractivity contribution in [2.24, 2.45) is 0 Å². The van der Waals surface area contributed by atoms with E-state index in [0.29, 0.717) is 5.56 Å². The number of nitrogens with zero attached hydrogens (tertiary/aromatic N) is 1. The number of aryl methyl sites for hydroxylation is 3. The van der Waals surface area contributed by atoms with Crippen molar-refractivity contribution in [3.05, 3.63) is 94.5 Å². The van der Waals surface area contributed by atoms with Crippen LogP contribution < -0.4 is 10.2 Å². The maximum Gasteiger partial charge on any atom is 0.262 e. The minimum absolute atomic E-state index is 0.0252. The molecule has 0 aromatic heterocycles. The largest absolute Gasteiger partial charge is 0.360 e. The van der Waals surface area contributed by atoms with Crippen molar-refractivity contribution in [3.63, 3.8) is 0 Å². The molecule has 3 aromatic carbocycles. The van der Waals surface area contributed by atoms with Gasteiger partial charge in [0, 0.05) is 11.4 Å². The highest BCUT2D eigenvalue weighted by molar-refractivity contribution is 6.12. The summed E-state index contributed by atoms with van der Waals surface area (Å²) in [4.78, 5) is 15.3. The molecule has 0 unspecified atom stereocenters. The first kappa shape index (κ1) is 17.3. The highest BCUT2D eigenvalue weighted by atomic mass is 16.2. The van der Waals surface area contributed by atoms with Crippen molar-refractivity contribution in [1.82, 2.24) is 0 Å². The van der Waals surface area contributed by atoms with Gasteiger partial charge in [0.25, 0.3) is 5.91 Å². The molecule has 0 radical (unpaired) electrons. The lowest BCUT2D eigenvalue weighted by Gasteiger charge is -2.38. The van der Waals surface area contributed by atoms with Crippen LogP contribution in [0.5, 0.6) is 0 Å². The Kier molecular flexibility index (Phi) is 4.44. The number of hydrogen-bond donors (Lipinski definition) is 1. The molecule has 0 saturated carbocycles. The zero-order valence-corrected chi connectivity index (χ0v) is 16.0. The van der Waals surface area contributed by atoms with Gasteiger partial charge in [0.2, 0.25) is 0 Å². The van der Waals surface area contributed by atoms with Crippen LogP contribution in [0.1, 0.15) is 45.7 Å². The normalized spacial score (nSPS) is 16.0. The molecule has 1 heterocycles. The van der Waals surface area contributed by atoms with Crippen LogP contribution in [-0.4, -0.2) is 5.91 Å². The van der Waals surface area contributed by atoms with Crippen molar-refractivity contribution in [1.29, 1.82) is 0 Å². The van der Waals surface area contributed by atoms with E-state index in [9.17, 15) is 4.79 Å². The summed E-state index contributed by atoms with van der Waals surface area (Å²) in [6, 6.07) is 22.4. The van der Waals surface area contributed by atoms with Crippen molar-refractivity contribution < 1.29 is 4.79 Å². The van der Waals surface area contributed by atoms with Crippen molar-refractivity contribution in [2.45, 2.75) is 33.4 Å². The second kappa shape index (κ2) is 6.92. The summed E-state index contributed by atoms with van der Waals surface area (Å²) in [5.74, 6) is 0.0252. The van der Waals surface area contributed by atoms with E-state index in [1.807, 2.05) is 35.2 Å². The molecule has 4 rings (SSSR count). The third-order valence-corrected chi connectivity index (χ3v) is 5.40. The van der Waals surface area contributed by atoms with Crippen LogP contribution in [0.15, 0.2) is 66.7 Å². The number of rotatable bonds is 3. The van der Waals surface area contributed by atoms with Gasteiger partial charge in [0.15, 0.2) is 0 Å². The molecule has 3 nitrogen and oxygen atoms in total. The van der Waals surface area contributed by atoms with Crippen LogP contribution in [0, 0.1) is 13.8 Å². The maximum absolute atomic E-state index is 13.4. The summed E-state index contributed by atoms with van der Waals surface area (Å²) in [6.45, 7) is 6.32. The lowest BCUT2D eigenvalue weighted by atomic mass is 10.00. The van der Waals surface area contributed by atoms with Gasteiger partial charge in [-0.2, -0.15) is 0 Å². The number of benzene rings is 3. The van der Waals surface area contributed by atoms with Crippen LogP contribution in [0.4, 0.5) is 11.4 Å². The number of carbonyl (C=O) groups excluding carboxylic acids is 1. The number of nitrogens with one attached hydrogen (secondary N) is 1. The predicted octanol–water partition coefficient (Wildman–Crippen LogP) is 5.64. The van der Waals surface area contributed by atoms with E-state index >= 15 is 0 Å². The molecule has 3 heteroatoms. The molecule has 3 aromatic rings. The van der Waals surface area contributed by atoms with E-state index in [2.05, 4.69) is 62.5 Å². The highest BCUT2D eigenvalue weighted by Gasteiger charge is 2.34. The third-order valence-electron chi connectivity index (χ3n) is 5.40. The monoisotopic (exact) mass is 356 g/mol. The minimum Gasteiger partial charge on any atom is -0.360 e. The third kappa shape index (κ3) is 3.10. The molecule has 0 fully saturated rings. The molecule has 1 aliphatic rings. The number of carbonyl (C=O) groups is 1. The van der Waals surface area contributed by atoms with Crippen LogP contribution in [0.25, 0.3) is 0 Å². The number of fused-ring (bicyclic) bond motifs is 1. The Balaban J connectivity index is 1.84. The zero-order chi connectivity index (χ0) is 19.0. The van der Waals surface area contributed by atoms with Gasteiger partial charge < -0.3 is 5.32 Å². The molecule has 0 bridgehead atoms. The minimum atomic E-state index is -0.236. The van der Waals surface area contributed by atoms with Gasteiger partial charge in [-0.15, -0.1) is 0 Å². The van der Waals surface area contributed by atoms with E-state index < -0.39 is 0 Å². The average Bonchev–Trinajstić information content (AvgIpc) is 2.70. The Hall–Kier alpha value is -3.07. The zero-order valence-electron chi connectivity index (χ0n) is 16.0. The Morgan fingerprint density at radius 2 is 1.67 bits per heavy atom. The molecular weight excluding hydrogens is 332 g/mol. The van der Waals surface area contributed by atoms with Crippen molar-refractivity contribution >= 4 is 17.3 Å². The summed E-state index contributed by atoms with van der Waals surface area (Å²) >= 11 is 0. The van der Waals surface area contributed by atoms with E-state index in [-0.39, 0.29) is 12.1 Å². The Labute approximate surface area is 160 Å². The first-order chi connectivity index (χ1) is 13.1. The fourth-order valence-electron chi connectivity index (χ4n) is 3.56. The number of anilines is 2. The lowest BCUT2D eigenvalue weighted by Crippen LogP contribution is -2.43. The Morgan fingerprint density at radius 3 is 2.37 bits per heavy atom. The highest BCUT2D eigenvalue weighted by Crippen LogP contribution is 2.37. The first-order valence-electron chi connectivity index (χ1n) is 9.43. The molecule has 1 atom stereocenters. The van der Waals surface area contributed by atoms with E-state index in [1.165, 1.54) is 16.7 Å². The fraction of sp³-hybridized carbons (Fsp3) is 0.208. The van der Waals surface area contributed by atoms with Gasteiger partial charge in [-0.3, -0.25) is 9.69 Å². The van der Waals surface area contributed by atoms with Crippen LogP contribution in [-0.2, 0) is 6.42 Å². The average molecular weight is 356 g/mol. The number of amides is 1. The van der Waals surface area contributed by atoms with Gasteiger partial charge in [-0.05, 0) is 66.8 Å². The molecule has 136 valence electrons. The summed E-state index contributed by atoms with van der Waals surface area (Å²) < 4.78 is 0. The van der Waals surface area contributed by atoms with Gasteiger partial charge >= 0.3 is 0 Å². The molecule has 0 spiro atoms. The summed E-state index contributed by atoms with van der Waals surface area (Å²) in [7, 11) is 0. The quantitative estimate of drug-likeness (QED) is 0.659.